The van der Waals surface area contributed by atoms with Crippen molar-refractivity contribution in [1.29, 1.82) is 0 Å². The second-order valence-electron chi connectivity index (χ2n) is 8.82. The summed E-state index contributed by atoms with van der Waals surface area (Å²) >= 11 is 0. The van der Waals surface area contributed by atoms with Crippen molar-refractivity contribution in [3.05, 3.63) is 59.7 Å². The normalized spacial score (nSPS) is 22.8. The maximum atomic E-state index is 6.06. The van der Waals surface area contributed by atoms with Crippen LogP contribution in [0, 0.1) is 0 Å². The molecule has 0 aromatic heterocycles. The predicted octanol–water partition coefficient (Wildman–Crippen LogP) is 3.88. The molecule has 2 aliphatic rings. The van der Waals surface area contributed by atoms with Crippen LogP contribution in [0.4, 0.5) is 0 Å². The molecule has 2 saturated heterocycles. The molecule has 29 heavy (non-hydrogen) atoms. The molecule has 0 saturated carbocycles. The van der Waals surface area contributed by atoms with Gasteiger partial charge in [0.15, 0.2) is 0 Å². The number of hydrogen-bond acceptors (Lipinski definition) is 4. The van der Waals surface area contributed by atoms with Crippen LogP contribution in [0.3, 0.4) is 0 Å². The van der Waals surface area contributed by atoms with Gasteiger partial charge in [0.1, 0.15) is 0 Å². The van der Waals surface area contributed by atoms with E-state index in [1.165, 1.54) is 22.3 Å². The summed E-state index contributed by atoms with van der Waals surface area (Å²) in [6.45, 7) is 9.87. The highest BCUT2D eigenvalue weighted by Gasteiger charge is 2.21. The molecule has 0 spiro atoms. The summed E-state index contributed by atoms with van der Waals surface area (Å²) in [6.07, 6.45) is 1.53. The molecule has 1 unspecified atom stereocenters. The van der Waals surface area contributed by atoms with Crippen LogP contribution in [0.5, 0.6) is 0 Å². The quantitative estimate of drug-likeness (QED) is 0.741. The molecule has 4 rings (SSSR count). The van der Waals surface area contributed by atoms with Gasteiger partial charge in [0.25, 0.3) is 0 Å². The first kappa shape index (κ1) is 20.5. The van der Waals surface area contributed by atoms with E-state index in [-0.39, 0.29) is 0 Å². The Kier molecular flexibility index (Phi) is 6.66. The molecule has 0 N–H and O–H groups in total. The van der Waals surface area contributed by atoms with Crippen LogP contribution >= 0.6 is 0 Å². The Morgan fingerprint density at radius 2 is 1.45 bits per heavy atom. The number of rotatable bonds is 6. The SMILES string of the molecule is CC(c1ccc(-c2ccc(CO[C@@H]3CCN(C)C3)cc2)cc1)N1CCN(C)CC1. The zero-order valence-electron chi connectivity index (χ0n) is 18.2. The van der Waals surface area contributed by atoms with Gasteiger partial charge in [-0.25, -0.2) is 0 Å². The molecule has 2 atom stereocenters. The molecule has 0 amide bonds. The number of likely N-dealkylation sites (tertiary alicyclic amines) is 1. The van der Waals surface area contributed by atoms with Crippen molar-refractivity contribution in [1.82, 2.24) is 14.7 Å². The summed E-state index contributed by atoms with van der Waals surface area (Å²) in [6, 6.07) is 18.5. The van der Waals surface area contributed by atoms with E-state index in [4.69, 9.17) is 4.74 Å². The first-order chi connectivity index (χ1) is 14.1. The lowest BCUT2D eigenvalue weighted by molar-refractivity contribution is 0.0483. The monoisotopic (exact) mass is 393 g/mol. The second-order valence-corrected chi connectivity index (χ2v) is 8.82. The average molecular weight is 394 g/mol. The molecular formula is C25H35N3O. The average Bonchev–Trinajstić information content (AvgIpc) is 3.18. The van der Waals surface area contributed by atoms with E-state index in [0.717, 1.165) is 45.7 Å². The molecule has 2 aromatic rings. The number of hydrogen-bond donors (Lipinski definition) is 0. The minimum Gasteiger partial charge on any atom is -0.372 e. The highest BCUT2D eigenvalue weighted by atomic mass is 16.5. The van der Waals surface area contributed by atoms with Crippen LogP contribution < -0.4 is 0 Å². The number of likely N-dealkylation sites (N-methyl/N-ethyl adjacent to an activating group) is 2. The largest absolute Gasteiger partial charge is 0.372 e. The Morgan fingerprint density at radius 3 is 2.03 bits per heavy atom. The molecule has 156 valence electrons. The Bertz CT molecular complexity index is 766. The Hall–Kier alpha value is -1.72. The number of ether oxygens (including phenoxy) is 1. The molecule has 0 aliphatic carbocycles. The van der Waals surface area contributed by atoms with Crippen LogP contribution in [0.2, 0.25) is 0 Å². The minimum atomic E-state index is 0.384. The zero-order valence-corrected chi connectivity index (χ0v) is 18.2. The van der Waals surface area contributed by atoms with Crippen molar-refractivity contribution in [3.63, 3.8) is 0 Å². The Morgan fingerprint density at radius 1 is 0.828 bits per heavy atom. The molecule has 0 bridgehead atoms. The highest BCUT2D eigenvalue weighted by Crippen LogP contribution is 2.26. The van der Waals surface area contributed by atoms with E-state index in [9.17, 15) is 0 Å². The summed E-state index contributed by atoms with van der Waals surface area (Å²) in [5.74, 6) is 0. The fraction of sp³-hybridized carbons (Fsp3) is 0.520. The Balaban J connectivity index is 1.33. The van der Waals surface area contributed by atoms with Gasteiger partial charge in [-0.15, -0.1) is 0 Å². The first-order valence-corrected chi connectivity index (χ1v) is 11.0. The van der Waals surface area contributed by atoms with Gasteiger partial charge >= 0.3 is 0 Å². The van der Waals surface area contributed by atoms with Crippen LogP contribution in [0.25, 0.3) is 11.1 Å². The van der Waals surface area contributed by atoms with Crippen molar-refractivity contribution in [2.24, 2.45) is 0 Å². The summed E-state index contributed by atoms with van der Waals surface area (Å²) < 4.78 is 6.06. The van der Waals surface area contributed by atoms with E-state index in [1.807, 2.05) is 0 Å². The van der Waals surface area contributed by atoms with E-state index in [1.54, 1.807) is 0 Å². The summed E-state index contributed by atoms with van der Waals surface area (Å²) in [5.41, 5.74) is 5.21. The predicted molar refractivity (Wildman–Crippen MR) is 120 cm³/mol. The van der Waals surface area contributed by atoms with Crippen molar-refractivity contribution in [2.45, 2.75) is 32.1 Å². The fourth-order valence-electron chi connectivity index (χ4n) is 4.41. The molecule has 4 heteroatoms. The molecule has 4 nitrogen and oxygen atoms in total. The van der Waals surface area contributed by atoms with Gasteiger partial charge in [0.2, 0.25) is 0 Å². The Labute approximate surface area is 176 Å². The molecule has 2 heterocycles. The van der Waals surface area contributed by atoms with E-state index < -0.39 is 0 Å². The van der Waals surface area contributed by atoms with E-state index >= 15 is 0 Å². The van der Waals surface area contributed by atoms with Gasteiger partial charge in [0.05, 0.1) is 12.7 Å². The van der Waals surface area contributed by atoms with Crippen molar-refractivity contribution >= 4 is 0 Å². The summed E-state index contributed by atoms with van der Waals surface area (Å²) in [5, 5.41) is 0. The standard InChI is InChI=1S/C25H35N3O/c1-20(28-16-14-26(2)15-17-28)22-8-10-24(11-9-22)23-6-4-21(5-7-23)19-29-25-12-13-27(3)18-25/h4-11,20,25H,12-19H2,1-3H3/t20?,25-/m1/s1. The lowest BCUT2D eigenvalue weighted by Crippen LogP contribution is -2.45. The first-order valence-electron chi connectivity index (χ1n) is 11.0. The number of nitrogens with zero attached hydrogens (tertiary/aromatic N) is 3. The van der Waals surface area contributed by atoms with Crippen LogP contribution in [-0.4, -0.2) is 74.2 Å². The van der Waals surface area contributed by atoms with Gasteiger partial charge in [-0.05, 0) is 49.7 Å². The molecule has 2 aromatic carbocycles. The summed E-state index contributed by atoms with van der Waals surface area (Å²) in [4.78, 5) is 7.33. The highest BCUT2D eigenvalue weighted by molar-refractivity contribution is 5.64. The maximum absolute atomic E-state index is 6.06. The van der Waals surface area contributed by atoms with Crippen LogP contribution in [-0.2, 0) is 11.3 Å². The molecule has 0 radical (unpaired) electrons. The van der Waals surface area contributed by atoms with Crippen LogP contribution in [0.15, 0.2) is 48.5 Å². The van der Waals surface area contributed by atoms with E-state index in [2.05, 4.69) is 84.2 Å². The maximum Gasteiger partial charge on any atom is 0.0721 e. The summed E-state index contributed by atoms with van der Waals surface area (Å²) in [7, 11) is 4.37. The third-order valence-corrected chi connectivity index (χ3v) is 6.60. The van der Waals surface area contributed by atoms with Gasteiger partial charge in [-0.3, -0.25) is 4.90 Å². The fourth-order valence-corrected chi connectivity index (χ4v) is 4.41. The molecular weight excluding hydrogens is 358 g/mol. The molecule has 2 aliphatic heterocycles. The van der Waals surface area contributed by atoms with Gasteiger partial charge < -0.3 is 14.5 Å². The number of benzene rings is 2. The lowest BCUT2D eigenvalue weighted by atomic mass is 9.99. The smallest absolute Gasteiger partial charge is 0.0721 e. The number of piperazine rings is 1. The molecule has 2 fully saturated rings. The zero-order chi connectivity index (χ0) is 20.2. The van der Waals surface area contributed by atoms with E-state index in [0.29, 0.717) is 18.8 Å². The van der Waals surface area contributed by atoms with Crippen LogP contribution in [0.1, 0.15) is 30.5 Å². The second kappa shape index (κ2) is 9.40. The van der Waals surface area contributed by atoms with Gasteiger partial charge in [0, 0.05) is 45.3 Å². The lowest BCUT2D eigenvalue weighted by Gasteiger charge is -2.36. The third kappa shape index (κ3) is 5.26. The van der Waals surface area contributed by atoms with Crippen molar-refractivity contribution < 1.29 is 4.74 Å². The van der Waals surface area contributed by atoms with Gasteiger partial charge in [-0.1, -0.05) is 48.5 Å². The van der Waals surface area contributed by atoms with Crippen molar-refractivity contribution in [3.8, 4) is 11.1 Å². The van der Waals surface area contributed by atoms with Crippen molar-refractivity contribution in [2.75, 3.05) is 53.4 Å². The minimum absolute atomic E-state index is 0.384. The van der Waals surface area contributed by atoms with Gasteiger partial charge in [-0.2, -0.15) is 0 Å². The third-order valence-electron chi connectivity index (χ3n) is 6.60. The topological polar surface area (TPSA) is 19.0 Å².